The summed E-state index contributed by atoms with van der Waals surface area (Å²) < 4.78 is 14.0. The molecule has 0 bridgehead atoms. The second-order valence-corrected chi connectivity index (χ2v) is 4.45. The number of alkyl halides is 1. The molecular weight excluding hydrogens is 236 g/mol. The Morgan fingerprint density at radius 2 is 2.00 bits per heavy atom. The summed E-state index contributed by atoms with van der Waals surface area (Å²) in [4.78, 5) is 0. The number of nitrogens with two attached hydrogens (primary N) is 1. The maximum absolute atomic E-state index is 14.0. The van der Waals surface area contributed by atoms with Crippen LogP contribution in [0.25, 0.3) is 0 Å². The molecule has 2 N–H and O–H groups in total. The van der Waals surface area contributed by atoms with E-state index in [0.29, 0.717) is 16.5 Å². The molecule has 1 rings (SSSR count). The van der Waals surface area contributed by atoms with Crippen molar-refractivity contribution in [2.45, 2.75) is 25.4 Å². The third-order valence-corrected chi connectivity index (χ3v) is 3.24. The molecule has 0 aliphatic carbocycles. The van der Waals surface area contributed by atoms with Crippen molar-refractivity contribution in [1.82, 2.24) is 0 Å². The molecule has 84 valence electrons. The fourth-order valence-corrected chi connectivity index (χ4v) is 1.68. The van der Waals surface area contributed by atoms with E-state index in [-0.39, 0.29) is 13.0 Å². The molecule has 15 heavy (non-hydrogen) atoms. The van der Waals surface area contributed by atoms with Gasteiger partial charge in [-0.25, -0.2) is 4.39 Å². The predicted octanol–water partition coefficient (Wildman–Crippen LogP) is 3.61. The molecule has 0 radical (unpaired) electrons. The summed E-state index contributed by atoms with van der Waals surface area (Å²) in [6, 6.07) is 5.13. The first-order valence-electron chi connectivity index (χ1n) is 4.83. The lowest BCUT2D eigenvalue weighted by Crippen LogP contribution is -2.34. The smallest absolute Gasteiger partial charge is 0.126 e. The van der Waals surface area contributed by atoms with Crippen LogP contribution < -0.4 is 5.73 Å². The van der Waals surface area contributed by atoms with E-state index in [1.165, 1.54) is 0 Å². The normalized spacial score (nSPS) is 15.0. The average molecular weight is 250 g/mol. The van der Waals surface area contributed by atoms with Crippen LogP contribution in [0.3, 0.4) is 0 Å². The van der Waals surface area contributed by atoms with Crippen molar-refractivity contribution >= 4 is 23.2 Å². The molecule has 0 fully saturated rings. The van der Waals surface area contributed by atoms with E-state index in [1.807, 2.05) is 0 Å². The molecule has 0 saturated carbocycles. The second kappa shape index (κ2) is 5.15. The van der Waals surface area contributed by atoms with Gasteiger partial charge in [0.05, 0.1) is 10.0 Å². The molecule has 1 aromatic rings. The molecule has 0 aromatic heterocycles. The van der Waals surface area contributed by atoms with Crippen LogP contribution in [0.4, 0.5) is 4.39 Å². The number of hydrogen-bond donors (Lipinski definition) is 1. The highest BCUT2D eigenvalue weighted by atomic mass is 35.5. The van der Waals surface area contributed by atoms with Gasteiger partial charge in [0.25, 0.3) is 0 Å². The van der Waals surface area contributed by atoms with E-state index in [9.17, 15) is 4.39 Å². The molecule has 1 unspecified atom stereocenters. The quantitative estimate of drug-likeness (QED) is 0.867. The van der Waals surface area contributed by atoms with Gasteiger partial charge in [-0.3, -0.25) is 0 Å². The molecule has 0 aliphatic heterocycles. The maximum atomic E-state index is 14.0. The molecule has 1 aromatic carbocycles. The minimum absolute atomic E-state index is 0.0176. The summed E-state index contributed by atoms with van der Waals surface area (Å²) in [5.74, 6) is 0. The van der Waals surface area contributed by atoms with Crippen LogP contribution in [0.15, 0.2) is 18.2 Å². The fraction of sp³-hybridized carbons (Fsp3) is 0.455. The number of hydrogen-bond acceptors (Lipinski definition) is 1. The number of rotatable bonds is 4. The molecule has 0 amide bonds. The Morgan fingerprint density at radius 3 is 2.47 bits per heavy atom. The van der Waals surface area contributed by atoms with Gasteiger partial charge in [-0.1, -0.05) is 36.2 Å². The summed E-state index contributed by atoms with van der Waals surface area (Å²) in [5.41, 5.74) is 4.87. The summed E-state index contributed by atoms with van der Waals surface area (Å²) >= 11 is 11.6. The zero-order valence-electron chi connectivity index (χ0n) is 8.56. The van der Waals surface area contributed by atoms with E-state index in [1.54, 1.807) is 25.1 Å². The zero-order chi connectivity index (χ0) is 11.5. The highest BCUT2D eigenvalue weighted by Gasteiger charge is 2.25. The van der Waals surface area contributed by atoms with Crippen LogP contribution in [0.2, 0.25) is 10.0 Å². The lowest BCUT2D eigenvalue weighted by molar-refractivity contribution is 0.167. The Kier molecular flexibility index (Phi) is 4.38. The van der Waals surface area contributed by atoms with Crippen LogP contribution in [-0.4, -0.2) is 12.2 Å². The lowest BCUT2D eigenvalue weighted by atomic mass is 9.94. The summed E-state index contributed by atoms with van der Waals surface area (Å²) in [6.45, 7) is 1.80. The van der Waals surface area contributed by atoms with Gasteiger partial charge in [0.2, 0.25) is 0 Å². The Labute approximate surface area is 99.4 Å². The Balaban J connectivity index is 2.85. The van der Waals surface area contributed by atoms with Crippen LogP contribution in [-0.2, 0) is 6.42 Å². The summed E-state index contributed by atoms with van der Waals surface area (Å²) in [5, 5.41) is 0.929. The van der Waals surface area contributed by atoms with Crippen molar-refractivity contribution in [3.63, 3.8) is 0 Å². The van der Waals surface area contributed by atoms with Gasteiger partial charge in [0.1, 0.15) is 5.67 Å². The first-order valence-corrected chi connectivity index (χ1v) is 5.59. The highest BCUT2D eigenvalue weighted by Crippen LogP contribution is 2.26. The minimum atomic E-state index is -1.35. The van der Waals surface area contributed by atoms with Crippen molar-refractivity contribution < 1.29 is 4.39 Å². The molecule has 1 atom stereocenters. The average Bonchev–Trinajstić information content (AvgIpc) is 2.23. The standard InChI is InChI=1S/C11H14Cl2FN/c1-2-11(14,7-15)6-8-3-4-9(12)10(13)5-8/h3-5H,2,6-7,15H2,1H3. The number of benzene rings is 1. The van der Waals surface area contributed by atoms with Crippen molar-refractivity contribution in [1.29, 1.82) is 0 Å². The van der Waals surface area contributed by atoms with Gasteiger partial charge in [-0.15, -0.1) is 0 Å². The topological polar surface area (TPSA) is 26.0 Å². The van der Waals surface area contributed by atoms with Gasteiger partial charge in [0.15, 0.2) is 0 Å². The van der Waals surface area contributed by atoms with Gasteiger partial charge in [0, 0.05) is 13.0 Å². The van der Waals surface area contributed by atoms with E-state index in [0.717, 1.165) is 5.56 Å². The first-order chi connectivity index (χ1) is 7.00. The Bertz CT molecular complexity index is 337. The minimum Gasteiger partial charge on any atom is -0.328 e. The van der Waals surface area contributed by atoms with Crippen LogP contribution in [0.5, 0.6) is 0 Å². The lowest BCUT2D eigenvalue weighted by Gasteiger charge is -2.21. The predicted molar refractivity (Wildman–Crippen MR) is 63.4 cm³/mol. The van der Waals surface area contributed by atoms with Crippen molar-refractivity contribution in [3.8, 4) is 0 Å². The monoisotopic (exact) mass is 249 g/mol. The van der Waals surface area contributed by atoms with Crippen LogP contribution in [0.1, 0.15) is 18.9 Å². The molecule has 0 aliphatic rings. The molecule has 0 spiro atoms. The van der Waals surface area contributed by atoms with Crippen LogP contribution in [0, 0.1) is 0 Å². The van der Waals surface area contributed by atoms with Crippen LogP contribution >= 0.6 is 23.2 Å². The third-order valence-electron chi connectivity index (χ3n) is 2.50. The van der Waals surface area contributed by atoms with Gasteiger partial charge < -0.3 is 5.73 Å². The van der Waals surface area contributed by atoms with Crippen molar-refractivity contribution in [2.75, 3.05) is 6.54 Å². The second-order valence-electron chi connectivity index (χ2n) is 3.63. The van der Waals surface area contributed by atoms with E-state index < -0.39 is 5.67 Å². The SMILES string of the molecule is CCC(F)(CN)Cc1ccc(Cl)c(Cl)c1. The summed E-state index contributed by atoms with van der Waals surface area (Å²) in [7, 11) is 0. The van der Waals surface area contributed by atoms with Gasteiger partial charge in [-0.2, -0.15) is 0 Å². The molecular formula is C11H14Cl2FN. The highest BCUT2D eigenvalue weighted by molar-refractivity contribution is 6.42. The molecule has 0 heterocycles. The maximum Gasteiger partial charge on any atom is 0.126 e. The Morgan fingerprint density at radius 1 is 1.33 bits per heavy atom. The number of halogens is 3. The Hall–Kier alpha value is -0.310. The van der Waals surface area contributed by atoms with E-state index in [4.69, 9.17) is 28.9 Å². The molecule has 4 heteroatoms. The third kappa shape index (κ3) is 3.33. The fourth-order valence-electron chi connectivity index (χ4n) is 1.36. The van der Waals surface area contributed by atoms with E-state index >= 15 is 0 Å². The zero-order valence-corrected chi connectivity index (χ0v) is 10.1. The van der Waals surface area contributed by atoms with Crippen molar-refractivity contribution in [3.05, 3.63) is 33.8 Å². The molecule has 1 nitrogen and oxygen atoms in total. The van der Waals surface area contributed by atoms with Gasteiger partial charge in [-0.05, 0) is 24.1 Å². The largest absolute Gasteiger partial charge is 0.328 e. The first kappa shape index (κ1) is 12.8. The van der Waals surface area contributed by atoms with Gasteiger partial charge >= 0.3 is 0 Å². The molecule has 0 saturated heterocycles. The summed E-state index contributed by atoms with van der Waals surface area (Å²) in [6.07, 6.45) is 0.667. The van der Waals surface area contributed by atoms with E-state index in [2.05, 4.69) is 0 Å². The van der Waals surface area contributed by atoms with Crippen molar-refractivity contribution in [2.24, 2.45) is 5.73 Å².